The largest absolute Gasteiger partial charge is 0.481 e. The number of thioether (sulfide) groups is 1. The summed E-state index contributed by atoms with van der Waals surface area (Å²) in [5, 5.41) is 8.75. The Hall–Kier alpha value is -2.91. The Bertz CT molecular complexity index is 1040. The number of nitrogens with zero attached hydrogens (tertiary/aromatic N) is 1. The number of carboxylic acids is 1. The molecule has 3 rings (SSSR count). The fourth-order valence-electron chi connectivity index (χ4n) is 2.85. The van der Waals surface area contributed by atoms with Gasteiger partial charge in [0.05, 0.1) is 16.6 Å². The number of ether oxygens (including phenoxy) is 1. The minimum Gasteiger partial charge on any atom is -0.481 e. The number of hydrogen-bond donors (Lipinski definition) is 1. The molecule has 31 heavy (non-hydrogen) atoms. The number of amides is 1. The second-order valence-electron chi connectivity index (χ2n) is 7.06. The van der Waals surface area contributed by atoms with Crippen molar-refractivity contribution in [3.05, 3.63) is 52.6 Å². The molecule has 0 spiro atoms. The van der Waals surface area contributed by atoms with Gasteiger partial charge in [0.2, 0.25) is 0 Å². The van der Waals surface area contributed by atoms with E-state index in [2.05, 4.69) is 0 Å². The summed E-state index contributed by atoms with van der Waals surface area (Å²) in [4.78, 5) is 37.0. The molecule has 1 N–H and O–H groups in total. The summed E-state index contributed by atoms with van der Waals surface area (Å²) in [6.07, 6.45) is 1.74. The van der Waals surface area contributed by atoms with Gasteiger partial charge < -0.3 is 14.3 Å². The predicted octanol–water partition coefficient (Wildman–Crippen LogP) is 4.58. The van der Waals surface area contributed by atoms with Crippen LogP contribution in [0.1, 0.15) is 42.8 Å². The Kier molecular flexibility index (Phi) is 7.29. The van der Waals surface area contributed by atoms with E-state index < -0.39 is 5.97 Å². The highest BCUT2D eigenvalue weighted by atomic mass is 32.2. The zero-order valence-electron chi connectivity index (χ0n) is 17.0. The van der Waals surface area contributed by atoms with E-state index in [1.54, 1.807) is 56.3 Å². The van der Waals surface area contributed by atoms with Gasteiger partial charge in [0.25, 0.3) is 5.91 Å². The lowest BCUT2D eigenvalue weighted by atomic mass is 10.1. The first-order valence-corrected chi connectivity index (χ1v) is 10.9. The average Bonchev–Trinajstić information content (AvgIpc) is 3.27. The van der Waals surface area contributed by atoms with Crippen molar-refractivity contribution < 1.29 is 28.6 Å². The molecule has 0 unspecified atom stereocenters. The van der Waals surface area contributed by atoms with Crippen LogP contribution < -0.4 is 0 Å². The Labute approximate surface area is 189 Å². The number of benzene rings is 1. The number of rotatable bonds is 8. The molecule has 1 aromatic heterocycles. The molecule has 0 atom stereocenters. The summed E-state index contributed by atoms with van der Waals surface area (Å²) in [6, 6.07) is 10.4. The number of thiocarbonyl (C=S) groups is 1. The smallest absolute Gasteiger partial charge is 0.338 e. The number of hydrogen-bond acceptors (Lipinski definition) is 7. The van der Waals surface area contributed by atoms with E-state index in [9.17, 15) is 14.4 Å². The molecule has 0 aliphatic carbocycles. The summed E-state index contributed by atoms with van der Waals surface area (Å²) in [7, 11) is 0. The molecule has 1 aromatic carbocycles. The van der Waals surface area contributed by atoms with Gasteiger partial charge in [-0.1, -0.05) is 36.1 Å². The molecule has 1 saturated heterocycles. The maximum absolute atomic E-state index is 12.6. The summed E-state index contributed by atoms with van der Waals surface area (Å²) >= 11 is 6.40. The van der Waals surface area contributed by atoms with Crippen molar-refractivity contribution in [3.8, 4) is 11.3 Å². The summed E-state index contributed by atoms with van der Waals surface area (Å²) < 4.78 is 11.4. The minimum atomic E-state index is -0.908. The first-order chi connectivity index (χ1) is 14.7. The zero-order valence-corrected chi connectivity index (χ0v) is 18.6. The SMILES string of the molecule is CC(C)OC(=O)c1ccc(-c2ccc(/C=C3\SC(=S)N(CCCC(=O)O)C3=O)o2)cc1. The number of aliphatic carboxylic acids is 1. The summed E-state index contributed by atoms with van der Waals surface area (Å²) in [6.45, 7) is 3.85. The second kappa shape index (κ2) is 9.93. The molecule has 1 aliphatic heterocycles. The monoisotopic (exact) mass is 459 g/mol. The molecule has 9 heteroatoms. The Balaban J connectivity index is 1.69. The highest BCUT2D eigenvalue weighted by Crippen LogP contribution is 2.33. The second-order valence-corrected chi connectivity index (χ2v) is 8.74. The van der Waals surface area contributed by atoms with Crippen LogP contribution in [0.5, 0.6) is 0 Å². The summed E-state index contributed by atoms with van der Waals surface area (Å²) in [5.74, 6) is -0.469. The van der Waals surface area contributed by atoms with Gasteiger partial charge in [-0.2, -0.15) is 0 Å². The lowest BCUT2D eigenvalue weighted by Crippen LogP contribution is -2.29. The Morgan fingerprint density at radius 2 is 1.94 bits per heavy atom. The number of carboxylic acid groups (broad SMARTS) is 1. The molecular formula is C22H21NO6S2. The molecule has 162 valence electrons. The molecule has 1 aliphatic rings. The average molecular weight is 460 g/mol. The van der Waals surface area contributed by atoms with Gasteiger partial charge in [-0.05, 0) is 44.5 Å². The van der Waals surface area contributed by atoms with Crippen molar-refractivity contribution in [2.75, 3.05) is 6.54 Å². The van der Waals surface area contributed by atoms with Crippen molar-refractivity contribution in [2.45, 2.75) is 32.8 Å². The molecule has 1 amide bonds. The van der Waals surface area contributed by atoms with Gasteiger partial charge in [-0.25, -0.2) is 4.79 Å². The van der Waals surface area contributed by atoms with Crippen molar-refractivity contribution in [1.29, 1.82) is 0 Å². The topological polar surface area (TPSA) is 97.0 Å². The van der Waals surface area contributed by atoms with E-state index in [4.69, 9.17) is 26.5 Å². The third-order valence-electron chi connectivity index (χ3n) is 4.29. The molecule has 7 nitrogen and oxygen atoms in total. The van der Waals surface area contributed by atoms with Crippen molar-refractivity contribution >= 4 is 52.2 Å². The van der Waals surface area contributed by atoms with Crippen molar-refractivity contribution in [1.82, 2.24) is 4.90 Å². The normalized spacial score (nSPS) is 15.2. The van der Waals surface area contributed by atoms with Gasteiger partial charge in [0.15, 0.2) is 0 Å². The van der Waals surface area contributed by atoms with Crippen molar-refractivity contribution in [2.24, 2.45) is 0 Å². The van der Waals surface area contributed by atoms with Gasteiger partial charge >= 0.3 is 11.9 Å². The first kappa shape index (κ1) is 22.8. The van der Waals surface area contributed by atoms with Crippen LogP contribution in [0.3, 0.4) is 0 Å². The highest BCUT2D eigenvalue weighted by Gasteiger charge is 2.32. The van der Waals surface area contributed by atoms with Crippen LogP contribution >= 0.6 is 24.0 Å². The zero-order chi connectivity index (χ0) is 22.5. The number of furan rings is 1. The molecule has 2 heterocycles. The highest BCUT2D eigenvalue weighted by molar-refractivity contribution is 8.26. The molecule has 0 bridgehead atoms. The number of esters is 1. The van der Waals surface area contributed by atoms with Crippen molar-refractivity contribution in [3.63, 3.8) is 0 Å². The Morgan fingerprint density at radius 1 is 1.23 bits per heavy atom. The van der Waals surface area contributed by atoms with Gasteiger partial charge in [-0.15, -0.1) is 0 Å². The van der Waals surface area contributed by atoms with E-state index in [1.165, 1.54) is 4.90 Å². The standard InChI is InChI=1S/C22H21NO6S2/c1-13(2)28-21(27)15-7-5-14(6-8-15)17-10-9-16(29-17)12-18-20(26)23(22(30)31-18)11-3-4-19(24)25/h5-10,12-13H,3-4,11H2,1-2H3,(H,24,25)/b18-12-. The fourth-order valence-corrected chi connectivity index (χ4v) is 4.14. The van der Waals surface area contributed by atoms with Crippen LogP contribution in [0.25, 0.3) is 17.4 Å². The maximum Gasteiger partial charge on any atom is 0.338 e. The van der Waals surface area contributed by atoms with E-state index in [0.29, 0.717) is 32.7 Å². The third-order valence-corrected chi connectivity index (χ3v) is 5.67. The molecule has 0 saturated carbocycles. The lowest BCUT2D eigenvalue weighted by molar-refractivity contribution is -0.137. The quantitative estimate of drug-likeness (QED) is 0.348. The van der Waals surface area contributed by atoms with Crippen LogP contribution in [0, 0.1) is 0 Å². The van der Waals surface area contributed by atoms with Gasteiger partial charge in [-0.3, -0.25) is 14.5 Å². The predicted molar refractivity (Wildman–Crippen MR) is 121 cm³/mol. The van der Waals surface area contributed by atoms with Crippen LogP contribution in [-0.4, -0.2) is 44.8 Å². The van der Waals surface area contributed by atoms with E-state index in [0.717, 1.165) is 17.3 Å². The molecular weight excluding hydrogens is 438 g/mol. The van der Waals surface area contributed by atoms with E-state index >= 15 is 0 Å². The van der Waals surface area contributed by atoms with Crippen LogP contribution in [0.2, 0.25) is 0 Å². The first-order valence-electron chi connectivity index (χ1n) is 9.63. The maximum atomic E-state index is 12.6. The van der Waals surface area contributed by atoms with Gasteiger partial charge in [0, 0.05) is 24.6 Å². The van der Waals surface area contributed by atoms with E-state index in [1.807, 2.05) is 0 Å². The molecule has 0 radical (unpaired) electrons. The summed E-state index contributed by atoms with van der Waals surface area (Å²) in [5.41, 5.74) is 1.23. The molecule has 2 aromatic rings. The fraction of sp³-hybridized carbons (Fsp3) is 0.273. The van der Waals surface area contributed by atoms with Gasteiger partial charge in [0.1, 0.15) is 15.8 Å². The van der Waals surface area contributed by atoms with Crippen LogP contribution in [0.15, 0.2) is 45.7 Å². The molecule has 1 fully saturated rings. The van der Waals surface area contributed by atoms with E-state index in [-0.39, 0.29) is 30.9 Å². The van der Waals surface area contributed by atoms with Crippen LogP contribution in [0.4, 0.5) is 0 Å². The van der Waals surface area contributed by atoms with Crippen LogP contribution in [-0.2, 0) is 14.3 Å². The Morgan fingerprint density at radius 3 is 2.58 bits per heavy atom. The lowest BCUT2D eigenvalue weighted by Gasteiger charge is -2.13. The number of carbonyl (C=O) groups is 3. The third kappa shape index (κ3) is 5.83. The number of carbonyl (C=O) groups excluding carboxylic acids is 2. The minimum absolute atomic E-state index is 0.0222.